The minimum atomic E-state index is -4.54. The Balaban J connectivity index is 2.96. The van der Waals surface area contributed by atoms with Crippen molar-refractivity contribution in [1.82, 2.24) is 0 Å². The number of phosphoric acid groups is 1. The van der Waals surface area contributed by atoms with E-state index in [1.807, 2.05) is 0 Å². The molecule has 0 bridgehead atoms. The molecule has 0 fully saturated rings. The van der Waals surface area contributed by atoms with E-state index < -0.39 is 7.82 Å². The van der Waals surface area contributed by atoms with Crippen LogP contribution in [0.4, 0.5) is 0 Å². The van der Waals surface area contributed by atoms with Gasteiger partial charge >= 0.3 is 7.82 Å². The molecule has 0 unspecified atom stereocenters. The van der Waals surface area contributed by atoms with Crippen molar-refractivity contribution in [2.45, 2.75) is 0 Å². The number of para-hydroxylation sites is 1. The summed E-state index contributed by atoms with van der Waals surface area (Å²) in [5.41, 5.74) is 0.495. The highest BCUT2D eigenvalue weighted by atomic mass is 31.2. The zero-order valence-electron chi connectivity index (χ0n) is 7.78. The van der Waals surface area contributed by atoms with Crippen molar-refractivity contribution < 1.29 is 24.0 Å². The van der Waals surface area contributed by atoms with Crippen LogP contribution in [0.15, 0.2) is 30.3 Å². The molecule has 0 aromatic heterocycles. The monoisotopic (exact) mass is 230 g/mol. The fraction of sp³-hybridized carbons (Fsp3) is 0.111. The number of phosphoric ester groups is 1. The lowest BCUT2D eigenvalue weighted by Crippen LogP contribution is -1.92. The zero-order valence-corrected chi connectivity index (χ0v) is 8.67. The minimum Gasteiger partial charge on any atom is -0.404 e. The van der Waals surface area contributed by atoms with Gasteiger partial charge in [0.05, 0.1) is 6.61 Å². The van der Waals surface area contributed by atoms with Crippen molar-refractivity contribution >= 4 is 13.9 Å². The fourth-order valence-electron chi connectivity index (χ4n) is 1.01. The van der Waals surface area contributed by atoms with Gasteiger partial charge in [0.2, 0.25) is 0 Å². The molecule has 5 nitrogen and oxygen atoms in total. The summed E-state index contributed by atoms with van der Waals surface area (Å²) in [6.45, 7) is -0.149. The molecular formula is C9H11O5P. The van der Waals surface area contributed by atoms with E-state index in [-0.39, 0.29) is 12.4 Å². The van der Waals surface area contributed by atoms with Gasteiger partial charge in [-0.05, 0) is 6.07 Å². The van der Waals surface area contributed by atoms with E-state index in [0.717, 1.165) is 0 Å². The number of aliphatic hydroxyl groups excluding tert-OH is 1. The van der Waals surface area contributed by atoms with Crippen molar-refractivity contribution in [3.8, 4) is 5.75 Å². The summed E-state index contributed by atoms with van der Waals surface area (Å²) in [4.78, 5) is 17.3. The van der Waals surface area contributed by atoms with Gasteiger partial charge in [0.15, 0.2) is 0 Å². The number of aliphatic hydroxyl groups is 1. The Morgan fingerprint density at radius 3 is 2.60 bits per heavy atom. The Kier molecular flexibility index (Phi) is 4.05. The second-order valence-electron chi connectivity index (χ2n) is 2.70. The fourth-order valence-corrected chi connectivity index (χ4v) is 1.43. The van der Waals surface area contributed by atoms with Crippen LogP contribution < -0.4 is 4.52 Å². The molecule has 0 saturated carbocycles. The van der Waals surface area contributed by atoms with Crippen LogP contribution >= 0.6 is 7.82 Å². The van der Waals surface area contributed by atoms with Crippen molar-refractivity contribution in [2.24, 2.45) is 0 Å². The molecule has 0 aliphatic carbocycles. The molecule has 1 rings (SSSR count). The predicted octanol–water partition coefficient (Wildman–Crippen LogP) is 1.16. The second-order valence-corrected chi connectivity index (χ2v) is 3.87. The van der Waals surface area contributed by atoms with Gasteiger partial charge in [-0.3, -0.25) is 9.79 Å². The molecule has 0 aliphatic heterocycles. The molecule has 3 N–H and O–H groups in total. The first-order valence-electron chi connectivity index (χ1n) is 4.14. The van der Waals surface area contributed by atoms with Crippen LogP contribution in [0.5, 0.6) is 5.75 Å². The second kappa shape index (κ2) is 5.09. The molecule has 82 valence electrons. The Labute approximate surface area is 86.9 Å². The third-order valence-corrected chi connectivity index (χ3v) is 1.97. The molecular weight excluding hydrogens is 219 g/mol. The van der Waals surface area contributed by atoms with Gasteiger partial charge in [0.25, 0.3) is 0 Å². The van der Waals surface area contributed by atoms with Crippen LogP contribution in [0.1, 0.15) is 5.56 Å². The highest BCUT2D eigenvalue weighted by molar-refractivity contribution is 7.46. The van der Waals surface area contributed by atoms with Gasteiger partial charge < -0.3 is 9.63 Å². The van der Waals surface area contributed by atoms with Gasteiger partial charge in [0.1, 0.15) is 5.75 Å². The Bertz CT molecular complexity index is 395. The van der Waals surface area contributed by atoms with Crippen LogP contribution in [0.2, 0.25) is 0 Å². The maximum atomic E-state index is 10.6. The first-order valence-corrected chi connectivity index (χ1v) is 5.67. The number of benzene rings is 1. The van der Waals surface area contributed by atoms with Crippen LogP contribution in [0.3, 0.4) is 0 Å². The summed E-state index contributed by atoms with van der Waals surface area (Å²) >= 11 is 0. The van der Waals surface area contributed by atoms with Crippen molar-refractivity contribution in [3.63, 3.8) is 0 Å². The summed E-state index contributed by atoms with van der Waals surface area (Å²) in [5, 5.41) is 8.57. The van der Waals surface area contributed by atoms with Crippen molar-refractivity contribution in [2.75, 3.05) is 6.61 Å². The van der Waals surface area contributed by atoms with Crippen LogP contribution in [-0.4, -0.2) is 21.5 Å². The SMILES string of the molecule is O=P(O)(O)Oc1ccccc1C=CCO. The van der Waals surface area contributed by atoms with Gasteiger partial charge in [-0.25, -0.2) is 4.57 Å². The van der Waals surface area contributed by atoms with Gasteiger partial charge in [0, 0.05) is 5.56 Å². The van der Waals surface area contributed by atoms with E-state index in [0.29, 0.717) is 5.56 Å². The predicted molar refractivity (Wildman–Crippen MR) is 55.2 cm³/mol. The highest BCUT2D eigenvalue weighted by Crippen LogP contribution is 2.39. The van der Waals surface area contributed by atoms with Crippen molar-refractivity contribution in [1.29, 1.82) is 0 Å². The lowest BCUT2D eigenvalue weighted by atomic mass is 10.2. The topological polar surface area (TPSA) is 87.0 Å². The zero-order chi connectivity index (χ0) is 11.3. The summed E-state index contributed by atoms with van der Waals surface area (Å²) in [6, 6.07) is 6.36. The number of hydrogen-bond acceptors (Lipinski definition) is 3. The molecule has 0 spiro atoms. The molecule has 0 radical (unpaired) electrons. The van der Waals surface area contributed by atoms with E-state index in [1.165, 1.54) is 18.2 Å². The normalized spacial score (nSPS) is 11.9. The molecule has 0 heterocycles. The number of hydrogen-bond donors (Lipinski definition) is 3. The van der Waals surface area contributed by atoms with E-state index >= 15 is 0 Å². The van der Waals surface area contributed by atoms with Gasteiger partial charge in [-0.1, -0.05) is 30.4 Å². The van der Waals surface area contributed by atoms with Crippen LogP contribution in [-0.2, 0) is 4.57 Å². The Morgan fingerprint density at radius 1 is 1.33 bits per heavy atom. The lowest BCUT2D eigenvalue weighted by molar-refractivity contribution is 0.283. The average Bonchev–Trinajstić information content (AvgIpc) is 2.14. The summed E-state index contributed by atoms with van der Waals surface area (Å²) in [5.74, 6) is 0.0792. The van der Waals surface area contributed by atoms with Gasteiger partial charge in [-0.15, -0.1) is 0 Å². The maximum absolute atomic E-state index is 10.6. The minimum absolute atomic E-state index is 0.0792. The Morgan fingerprint density at radius 2 is 2.00 bits per heavy atom. The van der Waals surface area contributed by atoms with E-state index in [9.17, 15) is 4.57 Å². The smallest absolute Gasteiger partial charge is 0.404 e. The van der Waals surface area contributed by atoms with E-state index in [1.54, 1.807) is 18.2 Å². The average molecular weight is 230 g/mol. The quantitative estimate of drug-likeness (QED) is 0.675. The Hall–Kier alpha value is -1.13. The standard InChI is InChI=1S/C9H11O5P/c10-7-3-5-8-4-1-2-6-9(8)14-15(11,12)13/h1-6,10H,7H2,(H2,11,12,13). The molecule has 0 aliphatic rings. The van der Waals surface area contributed by atoms with Crippen LogP contribution in [0, 0.1) is 0 Å². The van der Waals surface area contributed by atoms with E-state index in [2.05, 4.69) is 4.52 Å². The molecule has 0 saturated heterocycles. The van der Waals surface area contributed by atoms with Gasteiger partial charge in [-0.2, -0.15) is 0 Å². The van der Waals surface area contributed by atoms with E-state index in [4.69, 9.17) is 14.9 Å². The largest absolute Gasteiger partial charge is 0.524 e. The summed E-state index contributed by atoms with van der Waals surface area (Å²) in [6.07, 6.45) is 2.97. The molecule has 0 atom stereocenters. The van der Waals surface area contributed by atoms with Crippen LogP contribution in [0.25, 0.3) is 6.08 Å². The molecule has 1 aromatic carbocycles. The lowest BCUT2D eigenvalue weighted by Gasteiger charge is -2.08. The first-order chi connectivity index (χ1) is 7.03. The maximum Gasteiger partial charge on any atom is 0.524 e. The summed E-state index contributed by atoms with van der Waals surface area (Å²) < 4.78 is 15.1. The summed E-state index contributed by atoms with van der Waals surface area (Å²) in [7, 11) is -4.54. The highest BCUT2D eigenvalue weighted by Gasteiger charge is 2.16. The molecule has 15 heavy (non-hydrogen) atoms. The molecule has 0 amide bonds. The van der Waals surface area contributed by atoms with Crippen molar-refractivity contribution in [3.05, 3.63) is 35.9 Å². The number of rotatable bonds is 4. The first kappa shape index (κ1) is 11.9. The molecule has 6 heteroatoms. The third kappa shape index (κ3) is 4.27. The third-order valence-electron chi connectivity index (χ3n) is 1.54. The molecule has 1 aromatic rings.